The van der Waals surface area contributed by atoms with Gasteiger partial charge in [-0.05, 0) is 25.5 Å². The van der Waals surface area contributed by atoms with Gasteiger partial charge in [-0.3, -0.25) is 4.79 Å². The van der Waals surface area contributed by atoms with Crippen LogP contribution in [0.25, 0.3) is 10.9 Å². The van der Waals surface area contributed by atoms with Crippen molar-refractivity contribution < 1.29 is 4.79 Å². The van der Waals surface area contributed by atoms with E-state index in [2.05, 4.69) is 38.8 Å². The number of rotatable bonds is 7. The topological polar surface area (TPSA) is 63.6 Å². The van der Waals surface area contributed by atoms with Gasteiger partial charge >= 0.3 is 0 Å². The first kappa shape index (κ1) is 18.5. The summed E-state index contributed by atoms with van der Waals surface area (Å²) in [6.45, 7) is 4.78. The summed E-state index contributed by atoms with van der Waals surface area (Å²) in [6.07, 6.45) is 2.53. The Bertz CT molecular complexity index is 1100. The molecule has 0 bridgehead atoms. The van der Waals surface area contributed by atoms with Crippen molar-refractivity contribution in [3.63, 3.8) is 0 Å². The molecule has 0 saturated heterocycles. The molecule has 0 aliphatic heterocycles. The average Bonchev–Trinajstić information content (AvgIpc) is 3.32. The maximum Gasteiger partial charge on any atom is 0.191 e. The molecule has 0 amide bonds. The molecule has 0 aliphatic rings. The molecule has 4 rings (SSSR count). The van der Waals surface area contributed by atoms with Crippen molar-refractivity contribution in [3.05, 3.63) is 77.7 Å². The van der Waals surface area contributed by atoms with Crippen LogP contribution in [0.2, 0.25) is 0 Å². The molecule has 2 heterocycles. The number of nitrogens with one attached hydrogen (secondary N) is 1. The summed E-state index contributed by atoms with van der Waals surface area (Å²) in [5, 5.41) is 10.2. The molecule has 6 heteroatoms. The molecule has 142 valence electrons. The number of aromatic nitrogens is 4. The quantitative estimate of drug-likeness (QED) is 0.366. The Hall–Kier alpha value is -2.86. The van der Waals surface area contributed by atoms with Crippen molar-refractivity contribution in [2.45, 2.75) is 37.2 Å². The van der Waals surface area contributed by atoms with E-state index in [0.717, 1.165) is 40.4 Å². The average molecular weight is 391 g/mol. The Balaban J connectivity index is 1.54. The van der Waals surface area contributed by atoms with Gasteiger partial charge in [0.2, 0.25) is 0 Å². The minimum atomic E-state index is -0.252. The second kappa shape index (κ2) is 8.02. The number of aromatic amines is 1. The molecule has 5 nitrogen and oxygen atoms in total. The monoisotopic (exact) mass is 390 g/mol. The highest BCUT2D eigenvalue weighted by molar-refractivity contribution is 8.00. The van der Waals surface area contributed by atoms with Crippen LogP contribution in [0.5, 0.6) is 0 Å². The lowest BCUT2D eigenvalue weighted by atomic mass is 10.1. The zero-order valence-corrected chi connectivity index (χ0v) is 16.7. The highest BCUT2D eigenvalue weighted by Crippen LogP contribution is 2.28. The molecule has 4 aromatic rings. The Kier molecular flexibility index (Phi) is 5.30. The first-order chi connectivity index (χ1) is 13.7. The van der Waals surface area contributed by atoms with Gasteiger partial charge in [-0.25, -0.2) is 0 Å². The Morgan fingerprint density at radius 2 is 1.86 bits per heavy atom. The van der Waals surface area contributed by atoms with Crippen LogP contribution >= 0.6 is 11.8 Å². The van der Waals surface area contributed by atoms with Crippen molar-refractivity contribution in [2.75, 3.05) is 0 Å². The van der Waals surface area contributed by atoms with Crippen LogP contribution in [-0.4, -0.2) is 30.8 Å². The highest BCUT2D eigenvalue weighted by Gasteiger charge is 2.23. The van der Waals surface area contributed by atoms with E-state index in [-0.39, 0.29) is 11.0 Å². The number of hydrogen-bond donors (Lipinski definition) is 1. The van der Waals surface area contributed by atoms with Crippen molar-refractivity contribution in [1.29, 1.82) is 0 Å². The molecule has 0 spiro atoms. The van der Waals surface area contributed by atoms with Crippen LogP contribution in [0.4, 0.5) is 0 Å². The van der Waals surface area contributed by atoms with Crippen LogP contribution in [0.15, 0.2) is 66.0 Å². The third-order valence-electron chi connectivity index (χ3n) is 4.82. The van der Waals surface area contributed by atoms with Gasteiger partial charge in [0, 0.05) is 35.6 Å². The van der Waals surface area contributed by atoms with E-state index in [0.29, 0.717) is 0 Å². The number of hydrogen-bond acceptors (Lipinski definition) is 4. The molecule has 2 aromatic heterocycles. The van der Waals surface area contributed by atoms with Gasteiger partial charge in [0.1, 0.15) is 5.82 Å². The number of nitrogens with zero attached hydrogens (tertiary/aromatic N) is 3. The maximum atomic E-state index is 13.0. The van der Waals surface area contributed by atoms with E-state index in [9.17, 15) is 4.79 Å². The molecular weight excluding hydrogens is 368 g/mol. The van der Waals surface area contributed by atoms with E-state index in [4.69, 9.17) is 0 Å². The Morgan fingerprint density at radius 3 is 2.64 bits per heavy atom. The van der Waals surface area contributed by atoms with Crippen LogP contribution in [0.1, 0.15) is 35.6 Å². The Morgan fingerprint density at radius 1 is 1.11 bits per heavy atom. The molecular formula is C22H22N4OS. The van der Waals surface area contributed by atoms with Crippen LogP contribution in [0, 0.1) is 0 Å². The summed E-state index contributed by atoms with van der Waals surface area (Å²) in [6, 6.07) is 18.1. The van der Waals surface area contributed by atoms with Crippen molar-refractivity contribution in [1.82, 2.24) is 19.7 Å². The molecule has 0 aliphatic carbocycles. The van der Waals surface area contributed by atoms with Gasteiger partial charge in [0.05, 0.1) is 5.25 Å². The number of benzene rings is 2. The molecule has 1 N–H and O–H groups in total. The smallest absolute Gasteiger partial charge is 0.191 e. The molecule has 0 radical (unpaired) electrons. The van der Waals surface area contributed by atoms with E-state index in [1.165, 1.54) is 17.3 Å². The lowest BCUT2D eigenvalue weighted by Crippen LogP contribution is -2.14. The summed E-state index contributed by atoms with van der Waals surface area (Å²) in [4.78, 5) is 16.2. The summed E-state index contributed by atoms with van der Waals surface area (Å²) in [5.74, 6) is 1.01. The number of ketones is 1. The predicted molar refractivity (Wildman–Crippen MR) is 113 cm³/mol. The van der Waals surface area contributed by atoms with E-state index in [1.54, 1.807) is 6.20 Å². The van der Waals surface area contributed by atoms with Crippen molar-refractivity contribution in [3.8, 4) is 0 Å². The van der Waals surface area contributed by atoms with E-state index < -0.39 is 0 Å². The van der Waals surface area contributed by atoms with Gasteiger partial charge in [-0.15, -0.1) is 10.2 Å². The second-order valence-electron chi connectivity index (χ2n) is 6.68. The first-order valence-electron chi connectivity index (χ1n) is 9.40. The predicted octanol–water partition coefficient (Wildman–Crippen LogP) is 4.73. The van der Waals surface area contributed by atoms with Gasteiger partial charge in [0.25, 0.3) is 0 Å². The Labute approximate surface area is 168 Å². The van der Waals surface area contributed by atoms with E-state index in [1.807, 2.05) is 49.4 Å². The van der Waals surface area contributed by atoms with Crippen molar-refractivity contribution >= 4 is 28.4 Å². The van der Waals surface area contributed by atoms with Crippen LogP contribution in [-0.2, 0) is 13.0 Å². The zero-order chi connectivity index (χ0) is 19.5. The van der Waals surface area contributed by atoms with Crippen LogP contribution < -0.4 is 0 Å². The molecule has 28 heavy (non-hydrogen) atoms. The molecule has 2 aromatic carbocycles. The molecule has 0 saturated carbocycles. The standard InChI is InChI=1S/C22H22N4OS/c1-3-26-20(13-16-9-5-4-6-10-16)24-25-22(26)28-15(2)21(27)18-14-23-19-12-8-7-11-17(18)19/h4-12,14-15,23H,3,13H2,1-2H3/t15-/m1/s1. The normalized spacial score (nSPS) is 12.4. The zero-order valence-electron chi connectivity index (χ0n) is 15.9. The van der Waals surface area contributed by atoms with Gasteiger partial charge in [0.15, 0.2) is 10.9 Å². The minimum Gasteiger partial charge on any atom is -0.360 e. The fourth-order valence-corrected chi connectivity index (χ4v) is 4.34. The summed E-state index contributed by atoms with van der Waals surface area (Å²) >= 11 is 1.47. The number of fused-ring (bicyclic) bond motifs is 1. The summed E-state index contributed by atoms with van der Waals surface area (Å²) < 4.78 is 2.09. The van der Waals surface area contributed by atoms with Gasteiger partial charge in [-0.1, -0.05) is 60.3 Å². The number of thioether (sulfide) groups is 1. The third kappa shape index (κ3) is 3.60. The maximum absolute atomic E-state index is 13.0. The fourth-order valence-electron chi connectivity index (χ4n) is 3.34. The SMILES string of the molecule is CCn1c(Cc2ccccc2)nnc1S[C@H](C)C(=O)c1c[nH]c2ccccc12. The van der Waals surface area contributed by atoms with E-state index >= 15 is 0 Å². The summed E-state index contributed by atoms with van der Waals surface area (Å²) in [7, 11) is 0. The largest absolute Gasteiger partial charge is 0.360 e. The first-order valence-corrected chi connectivity index (χ1v) is 10.3. The molecule has 0 unspecified atom stereocenters. The minimum absolute atomic E-state index is 0.0951. The lowest BCUT2D eigenvalue weighted by Gasteiger charge is -2.11. The molecule has 0 fully saturated rings. The van der Waals surface area contributed by atoms with Gasteiger partial charge < -0.3 is 9.55 Å². The van der Waals surface area contributed by atoms with Crippen molar-refractivity contribution in [2.24, 2.45) is 0 Å². The fraction of sp³-hybridized carbons (Fsp3) is 0.227. The second-order valence-corrected chi connectivity index (χ2v) is 7.99. The highest BCUT2D eigenvalue weighted by atomic mass is 32.2. The number of carbonyl (C=O) groups excluding carboxylic acids is 1. The summed E-state index contributed by atoms with van der Waals surface area (Å²) in [5.41, 5.74) is 2.90. The van der Waals surface area contributed by atoms with Crippen LogP contribution in [0.3, 0.4) is 0 Å². The number of Topliss-reactive ketones (excluding diaryl/α,β-unsaturated/α-hetero) is 1. The van der Waals surface area contributed by atoms with Gasteiger partial charge in [-0.2, -0.15) is 0 Å². The molecule has 1 atom stereocenters. The third-order valence-corrected chi connectivity index (χ3v) is 5.90. The number of para-hydroxylation sites is 1. The number of carbonyl (C=O) groups is 1. The number of H-pyrrole nitrogens is 1. The lowest BCUT2D eigenvalue weighted by molar-refractivity contribution is 0.0995.